The van der Waals surface area contributed by atoms with Crippen molar-refractivity contribution in [1.82, 2.24) is 10.0 Å². The molecule has 1 amide bonds. The van der Waals surface area contributed by atoms with Gasteiger partial charge in [0.15, 0.2) is 5.11 Å². The molecule has 0 aliphatic carbocycles. The molecule has 0 radical (unpaired) electrons. The van der Waals surface area contributed by atoms with Crippen molar-refractivity contribution in [2.45, 2.75) is 38.1 Å². The van der Waals surface area contributed by atoms with Crippen molar-refractivity contribution in [1.29, 1.82) is 0 Å². The summed E-state index contributed by atoms with van der Waals surface area (Å²) >= 11 is 5.14. The molecule has 0 aromatic heterocycles. The van der Waals surface area contributed by atoms with Crippen LogP contribution >= 0.6 is 12.2 Å². The fourth-order valence-corrected chi connectivity index (χ4v) is 4.01. The molecule has 2 aromatic carbocycles. The van der Waals surface area contributed by atoms with Crippen LogP contribution in [0, 0.1) is 0 Å². The van der Waals surface area contributed by atoms with Crippen molar-refractivity contribution in [3.8, 4) is 5.75 Å². The van der Waals surface area contributed by atoms with Crippen molar-refractivity contribution >= 4 is 45.0 Å². The fraction of sp³-hybridized carbons (Fsp3) is 0.273. The molecule has 3 N–H and O–H groups in total. The quantitative estimate of drug-likeness (QED) is 0.389. The maximum Gasteiger partial charge on any atom is 0.250 e. The van der Waals surface area contributed by atoms with Crippen LogP contribution in [0.3, 0.4) is 0 Å². The van der Waals surface area contributed by atoms with E-state index in [1.807, 2.05) is 38.1 Å². The zero-order valence-corrected chi connectivity index (χ0v) is 19.3. The lowest BCUT2D eigenvalue weighted by atomic mass is 10.2. The van der Waals surface area contributed by atoms with Gasteiger partial charge in [-0.3, -0.25) is 10.1 Å². The van der Waals surface area contributed by atoms with Crippen LogP contribution in [0.15, 0.2) is 59.5 Å². The van der Waals surface area contributed by atoms with Crippen LogP contribution in [0.2, 0.25) is 0 Å². The Bertz CT molecular complexity index is 1020. The zero-order valence-electron chi connectivity index (χ0n) is 17.7. The lowest BCUT2D eigenvalue weighted by Gasteiger charge is -2.13. The van der Waals surface area contributed by atoms with Gasteiger partial charge in [-0.1, -0.05) is 19.1 Å². The van der Waals surface area contributed by atoms with Gasteiger partial charge in [0.05, 0.1) is 11.5 Å². The number of ether oxygens (including phenoxy) is 1. The highest BCUT2D eigenvalue weighted by Crippen LogP contribution is 2.15. The highest BCUT2D eigenvalue weighted by atomic mass is 32.2. The summed E-state index contributed by atoms with van der Waals surface area (Å²) < 4.78 is 32.6. The number of nitrogens with one attached hydrogen (secondary N) is 3. The first kappa shape index (κ1) is 24.5. The van der Waals surface area contributed by atoms with E-state index in [1.165, 1.54) is 18.2 Å². The van der Waals surface area contributed by atoms with Crippen molar-refractivity contribution < 1.29 is 17.9 Å². The van der Waals surface area contributed by atoms with Gasteiger partial charge in [-0.05, 0) is 80.5 Å². The molecule has 0 aliphatic rings. The van der Waals surface area contributed by atoms with E-state index in [0.717, 1.165) is 11.3 Å². The summed E-state index contributed by atoms with van der Waals surface area (Å²) in [5, 5.41) is 5.51. The third-order valence-corrected chi connectivity index (χ3v) is 6.06. The SMILES string of the molecule is CCOc1ccc(/C=C/C(=O)NC(=S)Nc2ccc(S(=O)(=O)NC(C)CC)cc2)cc1. The van der Waals surface area contributed by atoms with E-state index in [9.17, 15) is 13.2 Å². The van der Waals surface area contributed by atoms with E-state index in [4.69, 9.17) is 17.0 Å². The summed E-state index contributed by atoms with van der Waals surface area (Å²) in [4.78, 5) is 12.2. The number of hydrogen-bond acceptors (Lipinski definition) is 5. The van der Waals surface area contributed by atoms with Crippen LogP contribution in [0.1, 0.15) is 32.8 Å². The number of anilines is 1. The van der Waals surface area contributed by atoms with E-state index in [2.05, 4.69) is 15.4 Å². The first-order valence-electron chi connectivity index (χ1n) is 9.88. The number of carbonyl (C=O) groups excluding carboxylic acids is 1. The fourth-order valence-electron chi connectivity index (χ4n) is 2.46. The van der Waals surface area contributed by atoms with Gasteiger partial charge in [0.2, 0.25) is 15.9 Å². The van der Waals surface area contributed by atoms with E-state index in [0.29, 0.717) is 18.7 Å². The predicted octanol–water partition coefficient (Wildman–Crippen LogP) is 3.69. The number of carbonyl (C=O) groups is 1. The molecule has 166 valence electrons. The minimum absolute atomic E-state index is 0.106. The molecule has 9 heteroatoms. The van der Waals surface area contributed by atoms with Crippen LogP contribution in [-0.4, -0.2) is 32.1 Å². The number of hydrogen-bond donors (Lipinski definition) is 3. The minimum atomic E-state index is -3.57. The summed E-state index contributed by atoms with van der Waals surface area (Å²) in [6, 6.07) is 13.3. The van der Waals surface area contributed by atoms with E-state index in [-0.39, 0.29) is 22.0 Å². The van der Waals surface area contributed by atoms with Crippen molar-refractivity contribution in [3.05, 3.63) is 60.2 Å². The molecule has 2 aromatic rings. The smallest absolute Gasteiger partial charge is 0.250 e. The number of amides is 1. The Morgan fingerprint density at radius 2 is 1.74 bits per heavy atom. The van der Waals surface area contributed by atoms with Gasteiger partial charge in [0.1, 0.15) is 5.75 Å². The molecule has 0 spiro atoms. The second-order valence-electron chi connectivity index (χ2n) is 6.73. The lowest BCUT2D eigenvalue weighted by molar-refractivity contribution is -0.115. The average molecular weight is 462 g/mol. The molecule has 0 bridgehead atoms. The summed E-state index contributed by atoms with van der Waals surface area (Å²) in [7, 11) is -3.57. The van der Waals surface area contributed by atoms with Crippen LogP contribution < -0.4 is 20.1 Å². The van der Waals surface area contributed by atoms with Gasteiger partial charge in [0.25, 0.3) is 0 Å². The van der Waals surface area contributed by atoms with Gasteiger partial charge < -0.3 is 10.1 Å². The normalized spacial score (nSPS) is 12.4. The first-order chi connectivity index (χ1) is 14.7. The Morgan fingerprint density at radius 1 is 1.10 bits per heavy atom. The molecule has 0 fully saturated rings. The molecule has 31 heavy (non-hydrogen) atoms. The molecular formula is C22H27N3O4S2. The second kappa shape index (κ2) is 11.6. The average Bonchev–Trinajstić information content (AvgIpc) is 2.73. The number of benzene rings is 2. The van der Waals surface area contributed by atoms with Gasteiger partial charge in [-0.15, -0.1) is 0 Å². The summed E-state index contributed by atoms with van der Waals surface area (Å²) in [5.41, 5.74) is 1.41. The van der Waals surface area contributed by atoms with Crippen LogP contribution in [0.25, 0.3) is 6.08 Å². The molecule has 1 unspecified atom stereocenters. The molecule has 0 aliphatic heterocycles. The Morgan fingerprint density at radius 3 is 2.32 bits per heavy atom. The Kier molecular flexibility index (Phi) is 9.17. The molecule has 1 atom stereocenters. The maximum absolute atomic E-state index is 12.3. The standard InChI is InChI=1S/C22H27N3O4S2/c1-4-16(3)25-31(27,28)20-13-9-18(10-14-20)23-22(30)24-21(26)15-8-17-6-11-19(12-7-17)29-5-2/h6-16,25H,4-5H2,1-3H3,(H2,23,24,26,30)/b15-8+. The monoisotopic (exact) mass is 461 g/mol. The molecule has 0 saturated carbocycles. The van der Waals surface area contributed by atoms with Gasteiger partial charge in [0, 0.05) is 17.8 Å². The molecule has 7 nitrogen and oxygen atoms in total. The molecule has 0 heterocycles. The first-order valence-corrected chi connectivity index (χ1v) is 11.8. The van der Waals surface area contributed by atoms with Crippen LogP contribution in [0.4, 0.5) is 5.69 Å². The predicted molar refractivity (Wildman–Crippen MR) is 128 cm³/mol. The van der Waals surface area contributed by atoms with E-state index >= 15 is 0 Å². The highest BCUT2D eigenvalue weighted by Gasteiger charge is 2.16. The van der Waals surface area contributed by atoms with E-state index < -0.39 is 10.0 Å². The van der Waals surface area contributed by atoms with Gasteiger partial charge in [-0.2, -0.15) is 0 Å². The van der Waals surface area contributed by atoms with Crippen molar-refractivity contribution in [2.75, 3.05) is 11.9 Å². The third-order valence-electron chi connectivity index (χ3n) is 4.25. The Balaban J connectivity index is 1.89. The van der Waals surface area contributed by atoms with Crippen LogP contribution in [0.5, 0.6) is 5.75 Å². The largest absolute Gasteiger partial charge is 0.494 e. The minimum Gasteiger partial charge on any atom is -0.494 e. The summed E-state index contributed by atoms with van der Waals surface area (Å²) in [6.45, 7) is 6.22. The third kappa shape index (κ3) is 8.12. The summed E-state index contributed by atoms with van der Waals surface area (Å²) in [5.74, 6) is 0.382. The maximum atomic E-state index is 12.3. The number of rotatable bonds is 9. The Labute approximate surface area is 188 Å². The second-order valence-corrected chi connectivity index (χ2v) is 8.86. The molecular weight excluding hydrogens is 434 g/mol. The van der Waals surface area contributed by atoms with Gasteiger partial charge in [-0.25, -0.2) is 13.1 Å². The van der Waals surface area contributed by atoms with Crippen LogP contribution in [-0.2, 0) is 14.8 Å². The number of sulfonamides is 1. The topological polar surface area (TPSA) is 96.5 Å². The summed E-state index contributed by atoms with van der Waals surface area (Å²) in [6.07, 6.45) is 3.73. The highest BCUT2D eigenvalue weighted by molar-refractivity contribution is 7.89. The van der Waals surface area contributed by atoms with Crippen molar-refractivity contribution in [2.24, 2.45) is 0 Å². The molecule has 2 rings (SSSR count). The van der Waals surface area contributed by atoms with E-state index in [1.54, 1.807) is 25.1 Å². The molecule has 0 saturated heterocycles. The Hall–Kier alpha value is -2.75. The number of thiocarbonyl (C=S) groups is 1. The zero-order chi connectivity index (χ0) is 22.9. The van der Waals surface area contributed by atoms with Crippen molar-refractivity contribution in [3.63, 3.8) is 0 Å². The lowest BCUT2D eigenvalue weighted by Crippen LogP contribution is -2.33. The van der Waals surface area contributed by atoms with Gasteiger partial charge >= 0.3 is 0 Å².